The molecule has 0 aromatic heterocycles. The largest absolute Gasteiger partial charge is 0.462 e. The molecule has 3 nitrogen and oxygen atoms in total. The highest BCUT2D eigenvalue weighted by Crippen LogP contribution is 2.35. The summed E-state index contributed by atoms with van der Waals surface area (Å²) in [7, 11) is 1.67. The average Bonchev–Trinajstić information content (AvgIpc) is 2.75. The van der Waals surface area contributed by atoms with E-state index in [1.165, 1.54) is 25.7 Å². The van der Waals surface area contributed by atoms with Gasteiger partial charge in [0.1, 0.15) is 0 Å². The zero-order valence-corrected chi connectivity index (χ0v) is 7.49. The summed E-state index contributed by atoms with van der Waals surface area (Å²) >= 11 is 0. The highest BCUT2D eigenvalue weighted by atomic mass is 16.7. The van der Waals surface area contributed by atoms with E-state index in [4.69, 9.17) is 14.0 Å². The van der Waals surface area contributed by atoms with E-state index >= 15 is 0 Å². The molecule has 1 heterocycles. The molecule has 1 aliphatic heterocycles. The molecular weight excluding hydrogens is 155 g/mol. The smallest absolute Gasteiger partial charge is 0.406 e. The molecule has 0 amide bonds. The number of methoxy groups -OCH3 is 1. The van der Waals surface area contributed by atoms with Gasteiger partial charge in [-0.15, -0.1) is 0 Å². The van der Waals surface area contributed by atoms with Crippen molar-refractivity contribution in [2.45, 2.75) is 37.8 Å². The molecule has 4 heteroatoms. The monoisotopic (exact) mass is 170 g/mol. The normalized spacial score (nSPS) is 31.8. The molecule has 2 fully saturated rings. The summed E-state index contributed by atoms with van der Waals surface area (Å²) in [4.78, 5) is 0. The lowest BCUT2D eigenvalue weighted by Gasteiger charge is -2.11. The number of hydrogen-bond acceptors (Lipinski definition) is 3. The van der Waals surface area contributed by atoms with Gasteiger partial charge < -0.3 is 14.0 Å². The van der Waals surface area contributed by atoms with Crippen molar-refractivity contribution in [3.8, 4) is 0 Å². The van der Waals surface area contributed by atoms with Gasteiger partial charge in [-0.3, -0.25) is 0 Å². The third-order valence-electron chi connectivity index (χ3n) is 2.73. The first kappa shape index (κ1) is 8.54. The molecule has 0 bridgehead atoms. The van der Waals surface area contributed by atoms with Crippen LogP contribution in [0.25, 0.3) is 0 Å². The van der Waals surface area contributed by atoms with Crippen molar-refractivity contribution in [1.29, 1.82) is 0 Å². The number of rotatable bonds is 2. The van der Waals surface area contributed by atoms with Crippen LogP contribution in [0.3, 0.4) is 0 Å². The van der Waals surface area contributed by atoms with Crippen molar-refractivity contribution in [2.75, 3.05) is 13.7 Å². The van der Waals surface area contributed by atoms with E-state index in [0.29, 0.717) is 12.4 Å². The molecule has 0 radical (unpaired) electrons. The maximum Gasteiger partial charge on any atom is 0.462 e. The van der Waals surface area contributed by atoms with Crippen LogP contribution in [-0.4, -0.2) is 27.1 Å². The predicted molar refractivity (Wildman–Crippen MR) is 45.8 cm³/mol. The average molecular weight is 170 g/mol. The van der Waals surface area contributed by atoms with Crippen LogP contribution >= 0.6 is 0 Å². The third kappa shape index (κ3) is 1.65. The Bertz CT molecular complexity index is 147. The van der Waals surface area contributed by atoms with Crippen molar-refractivity contribution in [3.05, 3.63) is 0 Å². The minimum atomic E-state index is -0.129. The maximum atomic E-state index is 5.55. The first-order valence-corrected chi connectivity index (χ1v) is 4.70. The lowest BCUT2D eigenvalue weighted by atomic mass is 9.71. The van der Waals surface area contributed by atoms with Crippen molar-refractivity contribution in [2.24, 2.45) is 0 Å². The molecule has 1 saturated heterocycles. The SMILES string of the molecule is COC1COB(C2CCCC2)O1. The standard InChI is InChI=1S/C8H15BO3/c1-10-8-6-11-9(12-8)7-4-2-3-5-7/h7-8H,2-6H2,1H3. The second-order valence-electron chi connectivity index (χ2n) is 3.55. The summed E-state index contributed by atoms with van der Waals surface area (Å²) in [5, 5.41) is 0. The fourth-order valence-corrected chi connectivity index (χ4v) is 2.00. The van der Waals surface area contributed by atoms with Crippen LogP contribution in [0.2, 0.25) is 5.82 Å². The minimum Gasteiger partial charge on any atom is -0.406 e. The van der Waals surface area contributed by atoms with Gasteiger partial charge in [-0.25, -0.2) is 0 Å². The molecular formula is C8H15BO3. The second kappa shape index (κ2) is 3.77. The Hall–Kier alpha value is -0.0551. The quantitative estimate of drug-likeness (QED) is 0.586. The number of hydrogen-bond donors (Lipinski definition) is 0. The van der Waals surface area contributed by atoms with Gasteiger partial charge in [-0.2, -0.15) is 0 Å². The second-order valence-corrected chi connectivity index (χ2v) is 3.55. The van der Waals surface area contributed by atoms with E-state index in [1.807, 2.05) is 0 Å². The van der Waals surface area contributed by atoms with Gasteiger partial charge in [-0.05, 0) is 5.82 Å². The summed E-state index contributed by atoms with van der Waals surface area (Å²) in [5.41, 5.74) is 0. The van der Waals surface area contributed by atoms with Crippen LogP contribution in [0.4, 0.5) is 0 Å². The summed E-state index contributed by atoms with van der Waals surface area (Å²) in [5.74, 6) is 0.616. The molecule has 1 saturated carbocycles. The van der Waals surface area contributed by atoms with Crippen LogP contribution in [0, 0.1) is 0 Å². The number of ether oxygens (including phenoxy) is 1. The van der Waals surface area contributed by atoms with Crippen LogP contribution in [-0.2, 0) is 14.0 Å². The molecule has 1 atom stereocenters. The Morgan fingerprint density at radius 2 is 2.08 bits per heavy atom. The first-order chi connectivity index (χ1) is 5.90. The van der Waals surface area contributed by atoms with Crippen LogP contribution in [0.1, 0.15) is 25.7 Å². The van der Waals surface area contributed by atoms with E-state index < -0.39 is 0 Å². The molecule has 1 unspecified atom stereocenters. The van der Waals surface area contributed by atoms with Gasteiger partial charge in [0, 0.05) is 7.11 Å². The Morgan fingerprint density at radius 3 is 2.67 bits per heavy atom. The van der Waals surface area contributed by atoms with Gasteiger partial charge in [0.15, 0.2) is 6.29 Å². The molecule has 0 aromatic carbocycles. The van der Waals surface area contributed by atoms with Crippen molar-refractivity contribution < 1.29 is 14.0 Å². The van der Waals surface area contributed by atoms with Crippen LogP contribution in [0.15, 0.2) is 0 Å². The zero-order chi connectivity index (χ0) is 8.39. The third-order valence-corrected chi connectivity index (χ3v) is 2.73. The molecule has 2 aliphatic rings. The minimum absolute atomic E-state index is 0.0115. The lowest BCUT2D eigenvalue weighted by molar-refractivity contribution is -0.0403. The van der Waals surface area contributed by atoms with Gasteiger partial charge in [0.05, 0.1) is 6.61 Å². The maximum absolute atomic E-state index is 5.55. The Labute approximate surface area is 73.5 Å². The van der Waals surface area contributed by atoms with Crippen molar-refractivity contribution in [1.82, 2.24) is 0 Å². The molecule has 0 aromatic rings. The fraction of sp³-hybridized carbons (Fsp3) is 1.00. The lowest BCUT2D eigenvalue weighted by Crippen LogP contribution is -2.22. The molecule has 12 heavy (non-hydrogen) atoms. The Balaban J connectivity index is 1.81. The molecule has 2 rings (SSSR count). The van der Waals surface area contributed by atoms with E-state index in [1.54, 1.807) is 7.11 Å². The molecule has 0 spiro atoms. The van der Waals surface area contributed by atoms with Gasteiger partial charge in [0.25, 0.3) is 0 Å². The van der Waals surface area contributed by atoms with Gasteiger partial charge in [0.2, 0.25) is 0 Å². The molecule has 68 valence electrons. The summed E-state index contributed by atoms with van der Waals surface area (Å²) in [6, 6.07) is 0. The summed E-state index contributed by atoms with van der Waals surface area (Å²) in [6.07, 6.45) is 5.02. The fourth-order valence-electron chi connectivity index (χ4n) is 2.00. The molecule has 0 N–H and O–H groups in total. The predicted octanol–water partition coefficient (Wildman–Crippen LogP) is 1.44. The van der Waals surface area contributed by atoms with Gasteiger partial charge >= 0.3 is 7.12 Å². The first-order valence-electron chi connectivity index (χ1n) is 4.70. The highest BCUT2D eigenvalue weighted by Gasteiger charge is 2.39. The topological polar surface area (TPSA) is 27.7 Å². The van der Waals surface area contributed by atoms with Gasteiger partial charge in [-0.1, -0.05) is 25.7 Å². The highest BCUT2D eigenvalue weighted by molar-refractivity contribution is 6.47. The Morgan fingerprint density at radius 1 is 1.33 bits per heavy atom. The van der Waals surface area contributed by atoms with Crippen molar-refractivity contribution in [3.63, 3.8) is 0 Å². The van der Waals surface area contributed by atoms with E-state index in [-0.39, 0.29) is 13.4 Å². The zero-order valence-electron chi connectivity index (χ0n) is 7.49. The van der Waals surface area contributed by atoms with E-state index in [0.717, 1.165) is 0 Å². The van der Waals surface area contributed by atoms with Crippen LogP contribution < -0.4 is 0 Å². The summed E-state index contributed by atoms with van der Waals surface area (Å²) < 4.78 is 16.1. The van der Waals surface area contributed by atoms with E-state index in [2.05, 4.69) is 0 Å². The molecule has 1 aliphatic carbocycles. The van der Waals surface area contributed by atoms with Crippen molar-refractivity contribution >= 4 is 7.12 Å². The van der Waals surface area contributed by atoms with Crippen LogP contribution in [0.5, 0.6) is 0 Å². The Kier molecular flexibility index (Phi) is 2.68. The van der Waals surface area contributed by atoms with E-state index in [9.17, 15) is 0 Å². The summed E-state index contributed by atoms with van der Waals surface area (Å²) in [6.45, 7) is 0.595.